The van der Waals surface area contributed by atoms with Gasteiger partial charge in [-0.25, -0.2) is 0 Å². The lowest BCUT2D eigenvalue weighted by Crippen LogP contribution is -2.62. The summed E-state index contributed by atoms with van der Waals surface area (Å²) in [5, 5.41) is 3.38. The van der Waals surface area contributed by atoms with Crippen molar-refractivity contribution >= 4 is 11.8 Å². The molecule has 2 aliphatic heterocycles. The molecule has 31 heavy (non-hydrogen) atoms. The molecule has 0 aromatic rings. The maximum atomic E-state index is 13.6. The van der Waals surface area contributed by atoms with Gasteiger partial charge < -0.3 is 20.0 Å². The summed E-state index contributed by atoms with van der Waals surface area (Å²) in [4.78, 5) is 33.2. The highest BCUT2D eigenvalue weighted by molar-refractivity contribution is 5.90. The van der Waals surface area contributed by atoms with Gasteiger partial charge in [-0.2, -0.15) is 0 Å². The molecule has 1 aliphatic carbocycles. The Morgan fingerprint density at radius 2 is 1.74 bits per heavy atom. The van der Waals surface area contributed by atoms with Gasteiger partial charge in [-0.15, -0.1) is 0 Å². The number of nitrogens with zero attached hydrogens (tertiary/aromatic N) is 3. The average Bonchev–Trinajstić information content (AvgIpc) is 2.66. The summed E-state index contributed by atoms with van der Waals surface area (Å²) >= 11 is 0. The first-order valence-corrected chi connectivity index (χ1v) is 12.6. The van der Waals surface area contributed by atoms with Crippen LogP contribution in [-0.2, 0) is 9.59 Å². The molecule has 0 radical (unpaired) electrons. The second kappa shape index (κ2) is 10.2. The topological polar surface area (TPSA) is 55.9 Å². The zero-order valence-corrected chi connectivity index (χ0v) is 20.8. The van der Waals surface area contributed by atoms with E-state index in [2.05, 4.69) is 56.9 Å². The lowest BCUT2D eigenvalue weighted by Gasteiger charge is -2.53. The van der Waals surface area contributed by atoms with Gasteiger partial charge in [-0.3, -0.25) is 9.59 Å². The molecule has 3 rings (SSSR count). The number of carbonyl (C=O) groups excluding carboxylic acids is 2. The SMILES string of the molecule is CC(C)C[C@@H]1NCCN([C@@H](CC(C)C)C(=O)N2CCC3(CC2)CC(CN(C)C)C3)C1=O. The van der Waals surface area contributed by atoms with Gasteiger partial charge in [0.1, 0.15) is 6.04 Å². The summed E-state index contributed by atoms with van der Waals surface area (Å²) in [7, 11) is 4.31. The van der Waals surface area contributed by atoms with Gasteiger partial charge in [0.15, 0.2) is 0 Å². The van der Waals surface area contributed by atoms with E-state index in [-0.39, 0.29) is 23.9 Å². The zero-order valence-electron chi connectivity index (χ0n) is 20.8. The van der Waals surface area contributed by atoms with Crippen molar-refractivity contribution in [3.8, 4) is 0 Å². The van der Waals surface area contributed by atoms with Gasteiger partial charge in [0.2, 0.25) is 11.8 Å². The number of likely N-dealkylation sites (tertiary alicyclic amines) is 1. The van der Waals surface area contributed by atoms with Gasteiger partial charge in [0, 0.05) is 32.7 Å². The fourth-order valence-electron chi connectivity index (χ4n) is 6.16. The molecular weight excluding hydrogens is 388 g/mol. The van der Waals surface area contributed by atoms with Gasteiger partial charge in [-0.05, 0) is 75.8 Å². The lowest BCUT2D eigenvalue weighted by molar-refractivity contribution is -0.152. The van der Waals surface area contributed by atoms with Crippen molar-refractivity contribution in [1.82, 2.24) is 20.0 Å². The van der Waals surface area contributed by atoms with Crippen LogP contribution in [0, 0.1) is 23.2 Å². The Morgan fingerprint density at radius 1 is 1.10 bits per heavy atom. The third-order valence-electron chi connectivity index (χ3n) is 7.59. The molecule has 6 nitrogen and oxygen atoms in total. The number of piperazine rings is 1. The highest BCUT2D eigenvalue weighted by Gasteiger charge is 2.47. The fraction of sp³-hybridized carbons (Fsp3) is 0.920. The van der Waals surface area contributed by atoms with Crippen molar-refractivity contribution < 1.29 is 9.59 Å². The van der Waals surface area contributed by atoms with E-state index in [1.807, 2.05) is 4.90 Å². The van der Waals surface area contributed by atoms with E-state index >= 15 is 0 Å². The molecule has 0 aromatic carbocycles. The summed E-state index contributed by atoms with van der Waals surface area (Å²) in [6.07, 6.45) is 6.47. The first-order valence-electron chi connectivity index (χ1n) is 12.6. The van der Waals surface area contributed by atoms with E-state index in [0.29, 0.717) is 23.8 Å². The molecule has 0 bridgehead atoms. The second-order valence-corrected chi connectivity index (χ2v) is 11.7. The molecule has 178 valence electrons. The number of hydrogen-bond acceptors (Lipinski definition) is 4. The molecule has 3 aliphatic rings. The minimum Gasteiger partial charge on any atom is -0.341 e. The van der Waals surface area contributed by atoms with Crippen LogP contribution in [0.4, 0.5) is 0 Å². The van der Waals surface area contributed by atoms with E-state index in [1.54, 1.807) is 0 Å². The van der Waals surface area contributed by atoms with Crippen LogP contribution in [0.25, 0.3) is 0 Å². The van der Waals surface area contributed by atoms with Crippen LogP contribution in [0.2, 0.25) is 0 Å². The summed E-state index contributed by atoms with van der Waals surface area (Å²) in [5.74, 6) is 1.97. The smallest absolute Gasteiger partial charge is 0.245 e. The molecule has 0 unspecified atom stereocenters. The number of piperidine rings is 1. The van der Waals surface area contributed by atoms with Crippen LogP contribution >= 0.6 is 0 Å². The maximum absolute atomic E-state index is 13.6. The van der Waals surface area contributed by atoms with Crippen LogP contribution in [-0.4, -0.2) is 85.4 Å². The summed E-state index contributed by atoms with van der Waals surface area (Å²) in [6, 6.07) is -0.453. The second-order valence-electron chi connectivity index (χ2n) is 11.7. The van der Waals surface area contributed by atoms with Gasteiger partial charge >= 0.3 is 0 Å². The molecule has 3 fully saturated rings. The maximum Gasteiger partial charge on any atom is 0.245 e. The molecule has 1 N–H and O–H groups in total. The van der Waals surface area contributed by atoms with Crippen LogP contribution in [0.15, 0.2) is 0 Å². The number of nitrogens with one attached hydrogen (secondary N) is 1. The Balaban J connectivity index is 1.61. The lowest BCUT2D eigenvalue weighted by atomic mass is 9.57. The molecule has 2 saturated heterocycles. The number of hydrogen-bond donors (Lipinski definition) is 1. The predicted octanol–water partition coefficient (Wildman–Crippen LogP) is 2.83. The zero-order chi connectivity index (χ0) is 22.8. The molecule has 0 aromatic heterocycles. The van der Waals surface area contributed by atoms with E-state index in [9.17, 15) is 9.59 Å². The molecule has 2 amide bonds. The Bertz CT molecular complexity index is 617. The van der Waals surface area contributed by atoms with Gasteiger partial charge in [-0.1, -0.05) is 27.7 Å². The third kappa shape index (κ3) is 6.01. The quantitative estimate of drug-likeness (QED) is 0.638. The van der Waals surface area contributed by atoms with Crippen molar-refractivity contribution in [3.63, 3.8) is 0 Å². The van der Waals surface area contributed by atoms with Crippen molar-refractivity contribution in [2.45, 2.75) is 78.3 Å². The van der Waals surface area contributed by atoms with E-state index in [4.69, 9.17) is 0 Å². The van der Waals surface area contributed by atoms with Crippen LogP contribution < -0.4 is 5.32 Å². The number of rotatable bonds is 8. The fourth-order valence-corrected chi connectivity index (χ4v) is 6.16. The minimum atomic E-state index is -0.304. The van der Waals surface area contributed by atoms with Crippen molar-refractivity contribution in [3.05, 3.63) is 0 Å². The Labute approximate surface area is 190 Å². The van der Waals surface area contributed by atoms with Crippen LogP contribution in [0.1, 0.15) is 66.2 Å². The standard InChI is InChI=1S/C25H46N4O2/c1-18(2)13-21-23(30)29(12-9-26-21)22(14-19(3)4)24(31)28-10-7-25(8-11-28)15-20(16-25)17-27(5)6/h18-22,26H,7-17H2,1-6H3/t21-,22-/m0/s1. The first-order chi connectivity index (χ1) is 14.6. The number of carbonyl (C=O) groups is 2. The van der Waals surface area contributed by atoms with E-state index in [1.165, 1.54) is 19.4 Å². The summed E-state index contributed by atoms with van der Waals surface area (Å²) in [5.41, 5.74) is 0.470. The summed E-state index contributed by atoms with van der Waals surface area (Å²) < 4.78 is 0. The Kier molecular flexibility index (Phi) is 8.06. The molecule has 6 heteroatoms. The minimum absolute atomic E-state index is 0.123. The van der Waals surface area contributed by atoms with Crippen LogP contribution in [0.3, 0.4) is 0 Å². The van der Waals surface area contributed by atoms with E-state index in [0.717, 1.165) is 51.2 Å². The van der Waals surface area contributed by atoms with Crippen molar-refractivity contribution in [2.75, 3.05) is 46.8 Å². The van der Waals surface area contributed by atoms with Gasteiger partial charge in [0.25, 0.3) is 0 Å². The van der Waals surface area contributed by atoms with Gasteiger partial charge in [0.05, 0.1) is 6.04 Å². The highest BCUT2D eigenvalue weighted by Crippen LogP contribution is 2.52. The average molecular weight is 435 g/mol. The molecule has 2 heterocycles. The number of amides is 2. The first kappa shape index (κ1) is 24.5. The molecular formula is C25H46N4O2. The van der Waals surface area contributed by atoms with Crippen molar-refractivity contribution in [2.24, 2.45) is 23.2 Å². The summed E-state index contributed by atoms with van der Waals surface area (Å²) in [6.45, 7) is 12.9. The molecule has 1 saturated carbocycles. The molecule has 1 spiro atoms. The Morgan fingerprint density at radius 3 is 2.29 bits per heavy atom. The highest BCUT2D eigenvalue weighted by atomic mass is 16.2. The third-order valence-corrected chi connectivity index (χ3v) is 7.59. The van der Waals surface area contributed by atoms with E-state index < -0.39 is 0 Å². The Hall–Kier alpha value is -1.14. The largest absolute Gasteiger partial charge is 0.341 e. The normalized spacial score (nSPS) is 25.6. The monoisotopic (exact) mass is 434 g/mol. The van der Waals surface area contributed by atoms with Crippen LogP contribution in [0.5, 0.6) is 0 Å². The molecule has 2 atom stereocenters. The van der Waals surface area contributed by atoms with Crippen molar-refractivity contribution in [1.29, 1.82) is 0 Å². The predicted molar refractivity (Wildman–Crippen MR) is 126 cm³/mol.